The number of hydrogen-bond donors (Lipinski definition) is 1. The van der Waals surface area contributed by atoms with Crippen LogP contribution in [0.2, 0.25) is 0 Å². The molecule has 2 amide bonds. The monoisotopic (exact) mass is 523 g/mol. The Bertz CT molecular complexity index is 1030. The van der Waals surface area contributed by atoms with Crippen LogP contribution >= 0.6 is 24.0 Å². The smallest absolute Gasteiger partial charge is 0.375 e. The first-order chi connectivity index (χ1) is 15.4. The molecule has 0 aliphatic carbocycles. The van der Waals surface area contributed by atoms with E-state index < -0.39 is 33.9 Å². The fourth-order valence-corrected chi connectivity index (χ4v) is 4.64. The molecular weight excluding hydrogens is 499 g/mol. The molecule has 0 bridgehead atoms. The van der Waals surface area contributed by atoms with Crippen LogP contribution in [0.15, 0.2) is 29.2 Å². The first kappa shape index (κ1) is 27.1. The Morgan fingerprint density at radius 3 is 2.42 bits per heavy atom. The molecule has 1 aromatic carbocycles. The van der Waals surface area contributed by atoms with Gasteiger partial charge in [-0.3, -0.25) is 14.5 Å². The number of hydrogen-bond acceptors (Lipinski definition) is 7. The van der Waals surface area contributed by atoms with Gasteiger partial charge in [0.05, 0.1) is 4.91 Å². The van der Waals surface area contributed by atoms with E-state index in [1.54, 1.807) is 6.08 Å². The van der Waals surface area contributed by atoms with Crippen LogP contribution in [0.3, 0.4) is 0 Å². The van der Waals surface area contributed by atoms with Gasteiger partial charge in [0.25, 0.3) is 11.8 Å². The number of halogens is 3. The van der Waals surface area contributed by atoms with Crippen molar-refractivity contribution in [3.8, 4) is 0 Å². The molecule has 1 aliphatic heterocycles. The van der Waals surface area contributed by atoms with E-state index in [4.69, 9.17) is 12.2 Å². The third-order valence-electron chi connectivity index (χ3n) is 4.71. The van der Waals surface area contributed by atoms with Crippen molar-refractivity contribution < 1.29 is 31.2 Å². The minimum Gasteiger partial charge on any atom is -0.375 e. The molecule has 182 valence electrons. The number of alkyl halides is 3. The summed E-state index contributed by atoms with van der Waals surface area (Å²) in [5, 5.41) is 0. The molecule has 0 saturated carbocycles. The van der Waals surface area contributed by atoms with E-state index in [0.717, 1.165) is 40.0 Å². The highest BCUT2D eigenvalue weighted by molar-refractivity contribution is 8.26. The predicted molar refractivity (Wildman–Crippen MR) is 127 cm³/mol. The van der Waals surface area contributed by atoms with Crippen LogP contribution in [-0.2, 0) is 19.6 Å². The molecule has 1 N–H and O–H groups in total. The van der Waals surface area contributed by atoms with Crippen molar-refractivity contribution in [1.29, 1.82) is 0 Å². The Balaban J connectivity index is 2.02. The molecule has 1 aliphatic rings. The van der Waals surface area contributed by atoms with Gasteiger partial charge in [-0.15, -0.1) is 0 Å². The topological polar surface area (TPSA) is 86.8 Å². The maximum Gasteiger partial charge on any atom is 0.516 e. The molecule has 1 fully saturated rings. The first-order valence-corrected chi connectivity index (χ1v) is 12.7. The number of thiocarbonyl (C=S) groups is 1. The maximum atomic E-state index is 12.6. The summed E-state index contributed by atoms with van der Waals surface area (Å²) in [6.45, 7) is 2.13. The van der Waals surface area contributed by atoms with E-state index in [1.165, 1.54) is 19.3 Å². The predicted octanol–water partition coefficient (Wildman–Crippen LogP) is 3.87. The summed E-state index contributed by atoms with van der Waals surface area (Å²) in [6.07, 6.45) is 6.18. The molecule has 1 aromatic rings. The minimum atomic E-state index is -5.86. The number of carbonyl (C=O) groups is 2. The summed E-state index contributed by atoms with van der Waals surface area (Å²) >= 11 is 5.90. The molecule has 2 rings (SSSR count). The third kappa shape index (κ3) is 7.44. The molecule has 0 radical (unpaired) electrons. The molecular formula is C20H24F3N3O4S3. The molecule has 0 atom stereocenters. The average molecular weight is 524 g/mol. The number of unbranched alkanes of at least 4 members (excludes halogenated alkanes) is 3. The van der Waals surface area contributed by atoms with Crippen molar-refractivity contribution in [2.45, 2.75) is 38.1 Å². The number of thioether (sulfide) groups is 1. The van der Waals surface area contributed by atoms with Gasteiger partial charge < -0.3 is 4.90 Å². The van der Waals surface area contributed by atoms with Crippen molar-refractivity contribution in [3.63, 3.8) is 0 Å². The third-order valence-corrected chi connectivity index (χ3v) is 7.19. The van der Waals surface area contributed by atoms with Gasteiger partial charge in [0.15, 0.2) is 0 Å². The number of nitrogens with zero attached hydrogens (tertiary/aromatic N) is 2. The zero-order chi connectivity index (χ0) is 24.8. The molecule has 33 heavy (non-hydrogen) atoms. The van der Waals surface area contributed by atoms with Crippen LogP contribution in [-0.4, -0.2) is 55.1 Å². The van der Waals surface area contributed by atoms with Crippen molar-refractivity contribution in [3.05, 3.63) is 34.7 Å². The Morgan fingerprint density at radius 1 is 1.21 bits per heavy atom. The molecule has 0 unspecified atom stereocenters. The van der Waals surface area contributed by atoms with E-state index in [2.05, 4.69) is 11.8 Å². The summed E-state index contributed by atoms with van der Waals surface area (Å²) in [7, 11) is -3.87. The zero-order valence-electron chi connectivity index (χ0n) is 18.0. The highest BCUT2D eigenvalue weighted by Gasteiger charge is 2.47. The van der Waals surface area contributed by atoms with E-state index in [0.29, 0.717) is 5.56 Å². The summed E-state index contributed by atoms with van der Waals surface area (Å²) in [6, 6.07) is 7.43. The molecule has 0 aromatic heterocycles. The molecule has 1 saturated heterocycles. The van der Waals surface area contributed by atoms with Crippen LogP contribution < -0.4 is 9.62 Å². The highest BCUT2D eigenvalue weighted by Crippen LogP contribution is 2.32. The van der Waals surface area contributed by atoms with Crippen LogP contribution in [0.1, 0.15) is 38.2 Å². The number of benzene rings is 1. The van der Waals surface area contributed by atoms with Crippen molar-refractivity contribution in [1.82, 2.24) is 9.62 Å². The lowest BCUT2D eigenvalue weighted by molar-refractivity contribution is -0.128. The lowest BCUT2D eigenvalue weighted by Gasteiger charge is -2.19. The Hall–Kier alpha value is -2.12. The van der Waals surface area contributed by atoms with Crippen LogP contribution in [0.5, 0.6) is 0 Å². The van der Waals surface area contributed by atoms with Gasteiger partial charge in [0, 0.05) is 19.3 Å². The number of anilines is 1. The van der Waals surface area contributed by atoms with Gasteiger partial charge in [-0.05, 0) is 30.2 Å². The number of amides is 2. The van der Waals surface area contributed by atoms with E-state index in [-0.39, 0.29) is 9.23 Å². The number of rotatable bonds is 10. The minimum absolute atomic E-state index is 0.0609. The highest BCUT2D eigenvalue weighted by atomic mass is 32.2. The van der Waals surface area contributed by atoms with Crippen LogP contribution in [0.4, 0.5) is 18.9 Å². The van der Waals surface area contributed by atoms with Gasteiger partial charge in [0.2, 0.25) is 0 Å². The normalized spacial score (nSPS) is 15.9. The second kappa shape index (κ2) is 11.3. The van der Waals surface area contributed by atoms with Gasteiger partial charge >= 0.3 is 15.5 Å². The lowest BCUT2D eigenvalue weighted by atomic mass is 10.1. The maximum absolute atomic E-state index is 12.6. The first-order valence-electron chi connectivity index (χ1n) is 10.0. The van der Waals surface area contributed by atoms with Crippen molar-refractivity contribution >= 4 is 61.9 Å². The fourth-order valence-electron chi connectivity index (χ4n) is 2.90. The number of nitrogens with one attached hydrogen (secondary N) is 1. The lowest BCUT2D eigenvalue weighted by Crippen LogP contribution is -2.45. The Morgan fingerprint density at radius 2 is 1.85 bits per heavy atom. The largest absolute Gasteiger partial charge is 0.516 e. The molecule has 13 heteroatoms. The Labute approximate surface area is 200 Å². The summed E-state index contributed by atoms with van der Waals surface area (Å²) in [4.78, 5) is 27.4. The van der Waals surface area contributed by atoms with Crippen LogP contribution in [0.25, 0.3) is 6.08 Å². The van der Waals surface area contributed by atoms with Crippen molar-refractivity contribution in [2.75, 3.05) is 25.0 Å². The van der Waals surface area contributed by atoms with E-state index in [9.17, 15) is 31.2 Å². The Kier molecular flexibility index (Phi) is 9.32. The number of sulfonamides is 1. The van der Waals surface area contributed by atoms with Crippen LogP contribution in [0, 0.1) is 0 Å². The molecule has 7 nitrogen and oxygen atoms in total. The van der Waals surface area contributed by atoms with Gasteiger partial charge in [-0.2, -0.15) is 21.6 Å². The quantitative estimate of drug-likeness (QED) is 0.283. The summed E-state index contributed by atoms with van der Waals surface area (Å²) in [5.41, 5.74) is -3.94. The molecule has 0 spiro atoms. The summed E-state index contributed by atoms with van der Waals surface area (Å²) < 4.78 is 60.2. The SMILES string of the molecule is CCCCCCN(C)c1ccc(/C=C2\SC(=S)N(CC(=O)NS(=O)(=O)C(F)(F)F)C2=O)cc1. The van der Waals surface area contributed by atoms with Gasteiger partial charge in [-0.1, -0.05) is 62.3 Å². The zero-order valence-corrected chi connectivity index (χ0v) is 20.5. The van der Waals surface area contributed by atoms with Gasteiger partial charge in [-0.25, -0.2) is 4.72 Å². The standard InChI is InChI=1S/C20H24F3N3O4S3/c1-3-4-5-6-11-25(2)15-9-7-14(8-10-15)12-16-18(28)26(19(31)32-16)13-17(27)24-33(29,30)20(21,22)23/h7-10,12H,3-6,11,13H2,1-2H3,(H,24,27)/b16-12-. The molecule has 1 heterocycles. The van der Waals surface area contributed by atoms with E-state index in [1.807, 2.05) is 31.3 Å². The van der Waals surface area contributed by atoms with E-state index >= 15 is 0 Å². The number of carbonyl (C=O) groups excluding carboxylic acids is 2. The average Bonchev–Trinajstić information content (AvgIpc) is 2.97. The second-order valence-electron chi connectivity index (χ2n) is 7.32. The van der Waals surface area contributed by atoms with Crippen molar-refractivity contribution in [2.24, 2.45) is 0 Å². The second-order valence-corrected chi connectivity index (χ2v) is 10.7. The summed E-state index contributed by atoms with van der Waals surface area (Å²) in [5.74, 6) is -2.21. The van der Waals surface area contributed by atoms with Gasteiger partial charge in [0.1, 0.15) is 10.9 Å². The fraction of sp³-hybridized carbons (Fsp3) is 0.450.